The average Bonchev–Trinajstić information content (AvgIpc) is 2.97. The minimum atomic E-state index is -0.312. The largest absolute Gasteiger partial charge is 0.352 e. The van der Waals surface area contributed by atoms with Gasteiger partial charge in [-0.2, -0.15) is 0 Å². The van der Waals surface area contributed by atoms with Gasteiger partial charge in [-0.25, -0.2) is 9.38 Å². The predicted octanol–water partition coefficient (Wildman–Crippen LogP) is 3.67. The second-order valence-corrected chi connectivity index (χ2v) is 6.37. The Hall–Kier alpha value is -2.34. The number of hydrogen-bond acceptors (Lipinski definition) is 3. The van der Waals surface area contributed by atoms with Gasteiger partial charge in [-0.05, 0) is 67.6 Å². The first-order valence-electron chi connectivity index (χ1n) is 7.12. The van der Waals surface area contributed by atoms with Crippen molar-refractivity contribution in [3.05, 3.63) is 58.0 Å². The van der Waals surface area contributed by atoms with E-state index in [0.29, 0.717) is 15.8 Å². The van der Waals surface area contributed by atoms with Gasteiger partial charge in [0.05, 0.1) is 10.6 Å². The molecule has 0 spiro atoms. The van der Waals surface area contributed by atoms with Crippen LogP contribution >= 0.6 is 11.8 Å². The summed E-state index contributed by atoms with van der Waals surface area (Å²) in [5, 5.41) is 3.23. The lowest BCUT2D eigenvalue weighted by Crippen LogP contribution is -2.19. The molecule has 1 fully saturated rings. The number of aryl methyl sites for hydroxylation is 1. The Kier molecular flexibility index (Phi) is 4.09. The summed E-state index contributed by atoms with van der Waals surface area (Å²) in [6.07, 6.45) is 1.87. The standard InChI is InChI=1S/C17H16FN3OS/c1-10-8-12(11(2)21(10)3)9-15-16(22)20-17(23-15)19-14-6-4-13(18)5-7-14/h4-9H,1-3H3,(H,19,20,22)/b15-9+. The van der Waals surface area contributed by atoms with Crippen LogP contribution in [-0.4, -0.2) is 15.6 Å². The van der Waals surface area contributed by atoms with Crippen LogP contribution in [0.4, 0.5) is 10.1 Å². The molecule has 0 bridgehead atoms. The Labute approximate surface area is 138 Å². The normalized spacial score (nSPS) is 18.0. The highest BCUT2D eigenvalue weighted by molar-refractivity contribution is 8.18. The molecule has 23 heavy (non-hydrogen) atoms. The molecule has 1 aliphatic rings. The SMILES string of the molecule is Cc1cc(/C=C2/SC(=Nc3ccc(F)cc3)NC2=O)c(C)n1C. The van der Waals surface area contributed by atoms with E-state index >= 15 is 0 Å². The minimum Gasteiger partial charge on any atom is -0.352 e. The second-order valence-electron chi connectivity index (χ2n) is 5.34. The topological polar surface area (TPSA) is 46.4 Å². The summed E-state index contributed by atoms with van der Waals surface area (Å²) in [4.78, 5) is 17.0. The molecular formula is C17H16FN3OS. The van der Waals surface area contributed by atoms with E-state index in [2.05, 4.69) is 14.9 Å². The fourth-order valence-electron chi connectivity index (χ4n) is 2.29. The third-order valence-electron chi connectivity index (χ3n) is 3.81. The molecule has 1 saturated heterocycles. The number of amidine groups is 1. The summed E-state index contributed by atoms with van der Waals surface area (Å²) >= 11 is 1.28. The molecular weight excluding hydrogens is 313 g/mol. The molecule has 0 atom stereocenters. The molecule has 1 aliphatic heterocycles. The molecule has 1 N–H and O–H groups in total. The fraction of sp³-hybridized carbons (Fsp3) is 0.176. The van der Waals surface area contributed by atoms with Gasteiger partial charge in [0, 0.05) is 18.4 Å². The smallest absolute Gasteiger partial charge is 0.264 e. The zero-order chi connectivity index (χ0) is 16.6. The summed E-state index contributed by atoms with van der Waals surface area (Å²) in [6.45, 7) is 4.04. The highest BCUT2D eigenvalue weighted by Gasteiger charge is 2.24. The lowest BCUT2D eigenvalue weighted by atomic mass is 10.2. The van der Waals surface area contributed by atoms with E-state index in [1.165, 1.54) is 23.9 Å². The minimum absolute atomic E-state index is 0.170. The summed E-state index contributed by atoms with van der Waals surface area (Å²) in [5.74, 6) is -0.482. The number of nitrogens with one attached hydrogen (secondary N) is 1. The monoisotopic (exact) mass is 329 g/mol. The Balaban J connectivity index is 1.86. The summed E-state index contributed by atoms with van der Waals surface area (Å²) < 4.78 is 15.0. The van der Waals surface area contributed by atoms with Crippen molar-refractivity contribution in [2.75, 3.05) is 0 Å². The third kappa shape index (κ3) is 3.22. The number of amides is 1. The summed E-state index contributed by atoms with van der Waals surface area (Å²) in [5.41, 5.74) is 3.86. The van der Waals surface area contributed by atoms with Gasteiger partial charge < -0.3 is 9.88 Å². The Bertz CT molecular complexity index is 834. The highest BCUT2D eigenvalue weighted by Crippen LogP contribution is 2.29. The maximum atomic E-state index is 12.9. The lowest BCUT2D eigenvalue weighted by Gasteiger charge is -1.99. The molecule has 2 heterocycles. The number of hydrogen-bond donors (Lipinski definition) is 1. The van der Waals surface area contributed by atoms with Crippen molar-refractivity contribution in [1.82, 2.24) is 9.88 Å². The molecule has 2 aromatic rings. The second kappa shape index (κ2) is 6.04. The van der Waals surface area contributed by atoms with Crippen LogP contribution in [0.3, 0.4) is 0 Å². The van der Waals surface area contributed by atoms with Gasteiger partial charge in [0.25, 0.3) is 5.91 Å². The molecule has 0 radical (unpaired) electrons. The number of carbonyl (C=O) groups is 1. The maximum absolute atomic E-state index is 12.9. The van der Waals surface area contributed by atoms with E-state index < -0.39 is 0 Å². The predicted molar refractivity (Wildman–Crippen MR) is 92.1 cm³/mol. The van der Waals surface area contributed by atoms with Crippen molar-refractivity contribution >= 4 is 34.6 Å². The zero-order valence-corrected chi connectivity index (χ0v) is 13.9. The summed E-state index contributed by atoms with van der Waals surface area (Å²) in [6, 6.07) is 7.87. The van der Waals surface area contributed by atoms with Gasteiger partial charge in [0.1, 0.15) is 5.82 Å². The maximum Gasteiger partial charge on any atom is 0.264 e. The first-order valence-corrected chi connectivity index (χ1v) is 7.94. The Morgan fingerprint density at radius 1 is 1.26 bits per heavy atom. The first kappa shape index (κ1) is 15.6. The number of halogens is 1. The van der Waals surface area contributed by atoms with Crippen LogP contribution in [0.2, 0.25) is 0 Å². The molecule has 1 aromatic heterocycles. The van der Waals surface area contributed by atoms with Crippen molar-refractivity contribution in [2.24, 2.45) is 12.0 Å². The molecule has 0 saturated carbocycles. The van der Waals surface area contributed by atoms with Gasteiger partial charge in [0.2, 0.25) is 0 Å². The molecule has 0 aliphatic carbocycles. The van der Waals surface area contributed by atoms with Crippen LogP contribution in [0.1, 0.15) is 17.0 Å². The van der Waals surface area contributed by atoms with E-state index in [1.54, 1.807) is 12.1 Å². The molecule has 4 nitrogen and oxygen atoms in total. The molecule has 118 valence electrons. The number of nitrogens with zero attached hydrogens (tertiary/aromatic N) is 2. The fourth-order valence-corrected chi connectivity index (χ4v) is 3.12. The number of aliphatic imine (C=N–C) groups is 1. The number of carbonyl (C=O) groups excluding carboxylic acids is 1. The van der Waals surface area contributed by atoms with Gasteiger partial charge in [0.15, 0.2) is 5.17 Å². The van der Waals surface area contributed by atoms with Crippen LogP contribution in [0.5, 0.6) is 0 Å². The summed E-state index contributed by atoms with van der Waals surface area (Å²) in [7, 11) is 2.00. The van der Waals surface area contributed by atoms with Gasteiger partial charge in [-0.15, -0.1) is 0 Å². The van der Waals surface area contributed by atoms with Crippen molar-refractivity contribution < 1.29 is 9.18 Å². The molecule has 1 aromatic carbocycles. The van der Waals surface area contributed by atoms with Gasteiger partial charge >= 0.3 is 0 Å². The Morgan fingerprint density at radius 2 is 1.96 bits per heavy atom. The van der Waals surface area contributed by atoms with E-state index in [1.807, 2.05) is 33.0 Å². The van der Waals surface area contributed by atoms with E-state index in [-0.39, 0.29) is 11.7 Å². The first-order chi connectivity index (χ1) is 10.9. The van der Waals surface area contributed by atoms with Crippen molar-refractivity contribution in [2.45, 2.75) is 13.8 Å². The van der Waals surface area contributed by atoms with Crippen molar-refractivity contribution in [3.63, 3.8) is 0 Å². The van der Waals surface area contributed by atoms with E-state index in [0.717, 1.165) is 17.0 Å². The number of thioether (sulfide) groups is 1. The van der Waals surface area contributed by atoms with Crippen LogP contribution in [-0.2, 0) is 11.8 Å². The van der Waals surface area contributed by atoms with Crippen LogP contribution in [0.15, 0.2) is 40.2 Å². The van der Waals surface area contributed by atoms with Crippen LogP contribution in [0, 0.1) is 19.7 Å². The average molecular weight is 329 g/mol. The number of rotatable bonds is 2. The van der Waals surface area contributed by atoms with Gasteiger partial charge in [-0.3, -0.25) is 4.79 Å². The van der Waals surface area contributed by atoms with E-state index in [4.69, 9.17) is 0 Å². The van der Waals surface area contributed by atoms with Gasteiger partial charge in [-0.1, -0.05) is 0 Å². The Morgan fingerprint density at radius 3 is 2.57 bits per heavy atom. The van der Waals surface area contributed by atoms with Crippen molar-refractivity contribution in [1.29, 1.82) is 0 Å². The van der Waals surface area contributed by atoms with Crippen LogP contribution in [0.25, 0.3) is 6.08 Å². The van der Waals surface area contributed by atoms with Crippen molar-refractivity contribution in [3.8, 4) is 0 Å². The molecule has 3 rings (SSSR count). The highest BCUT2D eigenvalue weighted by atomic mass is 32.2. The quantitative estimate of drug-likeness (QED) is 0.855. The third-order valence-corrected chi connectivity index (χ3v) is 4.72. The number of aromatic nitrogens is 1. The number of benzene rings is 1. The molecule has 6 heteroatoms. The zero-order valence-electron chi connectivity index (χ0n) is 13.1. The van der Waals surface area contributed by atoms with Crippen LogP contribution < -0.4 is 5.32 Å². The molecule has 1 amide bonds. The molecule has 0 unspecified atom stereocenters. The van der Waals surface area contributed by atoms with E-state index in [9.17, 15) is 9.18 Å². The lowest BCUT2D eigenvalue weighted by molar-refractivity contribution is -0.115.